The summed E-state index contributed by atoms with van der Waals surface area (Å²) in [5.74, 6) is 0.709. The smallest absolute Gasteiger partial charge is 0.221 e. The fourth-order valence-corrected chi connectivity index (χ4v) is 3.02. The van der Waals surface area contributed by atoms with Crippen LogP contribution in [0.15, 0.2) is 24.4 Å². The summed E-state index contributed by atoms with van der Waals surface area (Å²) in [6.07, 6.45) is 1.73. The molecule has 6 heteroatoms. The number of nitrogens with zero attached hydrogens (tertiary/aromatic N) is 4. The second-order valence-corrected chi connectivity index (χ2v) is 6.12. The minimum absolute atomic E-state index is 0.228. The van der Waals surface area contributed by atoms with Crippen molar-refractivity contribution in [1.82, 2.24) is 14.9 Å². The van der Waals surface area contributed by atoms with Crippen LogP contribution < -0.4 is 16.4 Å². The highest BCUT2D eigenvalue weighted by Crippen LogP contribution is 2.24. The molecule has 6 nitrogen and oxygen atoms in total. The van der Waals surface area contributed by atoms with Crippen LogP contribution in [-0.4, -0.2) is 41.0 Å². The van der Waals surface area contributed by atoms with Crippen molar-refractivity contribution in [1.29, 1.82) is 0 Å². The van der Waals surface area contributed by atoms with E-state index in [0.29, 0.717) is 5.82 Å². The fraction of sp³-hybridized carbons (Fsp3) is 0.412. The normalized spacial score (nSPS) is 15.8. The van der Waals surface area contributed by atoms with E-state index in [0.717, 1.165) is 38.3 Å². The SMILES string of the molecule is Cc1cccc(N2CCN(Cc3cnc(N)nc3N)CC2)c1C. The lowest BCUT2D eigenvalue weighted by atomic mass is 10.1. The molecule has 23 heavy (non-hydrogen) atoms. The first kappa shape index (κ1) is 15.6. The van der Waals surface area contributed by atoms with E-state index in [-0.39, 0.29) is 5.95 Å². The number of aryl methyl sites for hydroxylation is 1. The maximum Gasteiger partial charge on any atom is 0.221 e. The van der Waals surface area contributed by atoms with Gasteiger partial charge in [0, 0.05) is 50.2 Å². The molecule has 1 aliphatic heterocycles. The average Bonchev–Trinajstić information content (AvgIpc) is 2.54. The third kappa shape index (κ3) is 3.37. The molecule has 4 N–H and O–H groups in total. The predicted octanol–water partition coefficient (Wildman–Crippen LogP) is 1.58. The second kappa shape index (κ2) is 6.42. The molecule has 1 aliphatic rings. The van der Waals surface area contributed by atoms with Gasteiger partial charge in [-0.1, -0.05) is 12.1 Å². The van der Waals surface area contributed by atoms with Gasteiger partial charge in [-0.15, -0.1) is 0 Å². The molecule has 1 aromatic heterocycles. The van der Waals surface area contributed by atoms with Gasteiger partial charge in [0.05, 0.1) is 0 Å². The van der Waals surface area contributed by atoms with Gasteiger partial charge in [0.1, 0.15) is 5.82 Å². The number of rotatable bonds is 3. The highest BCUT2D eigenvalue weighted by Gasteiger charge is 2.19. The molecule has 0 amide bonds. The first-order valence-electron chi connectivity index (χ1n) is 7.95. The zero-order valence-corrected chi connectivity index (χ0v) is 13.8. The van der Waals surface area contributed by atoms with Crippen molar-refractivity contribution in [3.05, 3.63) is 41.1 Å². The van der Waals surface area contributed by atoms with Gasteiger partial charge in [0.15, 0.2) is 0 Å². The van der Waals surface area contributed by atoms with Crippen LogP contribution >= 0.6 is 0 Å². The highest BCUT2D eigenvalue weighted by molar-refractivity contribution is 5.56. The second-order valence-electron chi connectivity index (χ2n) is 6.12. The van der Waals surface area contributed by atoms with Gasteiger partial charge in [0.25, 0.3) is 0 Å². The molecule has 1 saturated heterocycles. The fourth-order valence-electron chi connectivity index (χ4n) is 3.02. The molecule has 0 bridgehead atoms. The maximum atomic E-state index is 5.93. The van der Waals surface area contributed by atoms with Gasteiger partial charge in [0.2, 0.25) is 5.95 Å². The molecular weight excluding hydrogens is 288 g/mol. The van der Waals surface area contributed by atoms with Crippen LogP contribution in [0.25, 0.3) is 0 Å². The Morgan fingerprint density at radius 2 is 1.83 bits per heavy atom. The number of piperazine rings is 1. The topological polar surface area (TPSA) is 84.3 Å². The van der Waals surface area contributed by atoms with Crippen LogP contribution in [0.3, 0.4) is 0 Å². The van der Waals surface area contributed by atoms with E-state index in [1.165, 1.54) is 16.8 Å². The summed E-state index contributed by atoms with van der Waals surface area (Å²) in [4.78, 5) is 12.9. The lowest BCUT2D eigenvalue weighted by Crippen LogP contribution is -2.46. The molecule has 0 spiro atoms. The summed E-state index contributed by atoms with van der Waals surface area (Å²) in [5, 5.41) is 0. The van der Waals surface area contributed by atoms with Crippen molar-refractivity contribution in [2.75, 3.05) is 42.5 Å². The number of hydrogen-bond acceptors (Lipinski definition) is 6. The van der Waals surface area contributed by atoms with Crippen LogP contribution in [-0.2, 0) is 6.54 Å². The van der Waals surface area contributed by atoms with Crippen molar-refractivity contribution >= 4 is 17.5 Å². The number of benzene rings is 1. The summed E-state index contributed by atoms with van der Waals surface area (Å²) in [7, 11) is 0. The number of anilines is 3. The van der Waals surface area contributed by atoms with Crippen molar-refractivity contribution in [2.45, 2.75) is 20.4 Å². The average molecular weight is 312 g/mol. The molecule has 0 saturated carbocycles. The quantitative estimate of drug-likeness (QED) is 0.895. The highest BCUT2D eigenvalue weighted by atomic mass is 15.3. The lowest BCUT2D eigenvalue weighted by molar-refractivity contribution is 0.249. The number of nitrogen functional groups attached to an aromatic ring is 2. The molecule has 0 atom stereocenters. The van der Waals surface area contributed by atoms with Crippen molar-refractivity contribution < 1.29 is 0 Å². The molecule has 0 unspecified atom stereocenters. The van der Waals surface area contributed by atoms with Gasteiger partial charge in [-0.2, -0.15) is 4.98 Å². The molecule has 2 heterocycles. The zero-order chi connectivity index (χ0) is 16.4. The van der Waals surface area contributed by atoms with Crippen molar-refractivity contribution in [3.63, 3.8) is 0 Å². The van der Waals surface area contributed by atoms with Crippen molar-refractivity contribution in [3.8, 4) is 0 Å². The van der Waals surface area contributed by atoms with Crippen LogP contribution in [0.1, 0.15) is 16.7 Å². The summed E-state index contributed by atoms with van der Waals surface area (Å²) < 4.78 is 0. The van der Waals surface area contributed by atoms with E-state index in [1.807, 2.05) is 0 Å². The van der Waals surface area contributed by atoms with Gasteiger partial charge in [-0.05, 0) is 31.0 Å². The van der Waals surface area contributed by atoms with E-state index in [2.05, 4.69) is 51.8 Å². The number of aromatic nitrogens is 2. The Kier molecular flexibility index (Phi) is 4.34. The van der Waals surface area contributed by atoms with E-state index >= 15 is 0 Å². The maximum absolute atomic E-state index is 5.93. The van der Waals surface area contributed by atoms with Gasteiger partial charge in [-0.3, -0.25) is 4.90 Å². The molecule has 1 aromatic carbocycles. The third-order valence-corrected chi connectivity index (χ3v) is 4.60. The van der Waals surface area contributed by atoms with Crippen LogP contribution in [0.2, 0.25) is 0 Å². The molecule has 1 fully saturated rings. The monoisotopic (exact) mass is 312 g/mol. The Balaban J connectivity index is 1.63. The largest absolute Gasteiger partial charge is 0.383 e. The standard InChI is InChI=1S/C17H24N6/c1-12-4-3-5-15(13(12)2)23-8-6-22(7-9-23)11-14-10-20-17(19)21-16(14)18/h3-5,10H,6-9,11H2,1-2H3,(H4,18,19,20,21). The minimum atomic E-state index is 0.228. The van der Waals surface area contributed by atoms with Gasteiger partial charge < -0.3 is 16.4 Å². The number of nitrogens with two attached hydrogens (primary N) is 2. The summed E-state index contributed by atoms with van der Waals surface area (Å²) in [6.45, 7) is 9.16. The van der Waals surface area contributed by atoms with Crippen LogP contribution in [0.5, 0.6) is 0 Å². The van der Waals surface area contributed by atoms with Gasteiger partial charge in [-0.25, -0.2) is 4.98 Å². The third-order valence-electron chi connectivity index (χ3n) is 4.60. The van der Waals surface area contributed by atoms with E-state index in [4.69, 9.17) is 11.5 Å². The van der Waals surface area contributed by atoms with E-state index < -0.39 is 0 Å². The van der Waals surface area contributed by atoms with E-state index in [9.17, 15) is 0 Å². The molecule has 122 valence electrons. The van der Waals surface area contributed by atoms with Crippen LogP contribution in [0.4, 0.5) is 17.5 Å². The molecule has 0 aliphatic carbocycles. The Hall–Kier alpha value is -2.34. The molecular formula is C17H24N6. The van der Waals surface area contributed by atoms with Crippen molar-refractivity contribution in [2.24, 2.45) is 0 Å². The predicted molar refractivity (Wildman–Crippen MR) is 94.3 cm³/mol. The summed E-state index contributed by atoms with van der Waals surface area (Å²) in [5.41, 5.74) is 16.5. The Morgan fingerprint density at radius 1 is 1.09 bits per heavy atom. The summed E-state index contributed by atoms with van der Waals surface area (Å²) in [6, 6.07) is 6.51. The number of hydrogen-bond donors (Lipinski definition) is 2. The first-order chi connectivity index (χ1) is 11.0. The van der Waals surface area contributed by atoms with E-state index in [1.54, 1.807) is 6.20 Å². The van der Waals surface area contributed by atoms with Gasteiger partial charge >= 0.3 is 0 Å². The molecule has 0 radical (unpaired) electrons. The molecule has 2 aromatic rings. The van der Waals surface area contributed by atoms with Crippen LogP contribution in [0, 0.1) is 13.8 Å². The minimum Gasteiger partial charge on any atom is -0.383 e. The molecule has 3 rings (SSSR count). The Morgan fingerprint density at radius 3 is 2.52 bits per heavy atom. The summed E-state index contributed by atoms with van der Waals surface area (Å²) >= 11 is 0. The first-order valence-corrected chi connectivity index (χ1v) is 7.95. The lowest BCUT2D eigenvalue weighted by Gasteiger charge is -2.37. The zero-order valence-electron chi connectivity index (χ0n) is 13.8. The Bertz CT molecular complexity index is 691. The Labute approximate surface area is 137 Å².